The Balaban J connectivity index is 2.53. The van der Waals surface area contributed by atoms with Crippen LogP contribution in [0.15, 0.2) is 52.4 Å². The first kappa shape index (κ1) is 25.3. The second kappa shape index (κ2) is 11.1. The lowest BCUT2D eigenvalue weighted by molar-refractivity contribution is -0.132. The third kappa shape index (κ3) is 6.04. The molecule has 1 amide bonds. The number of aldehydes is 1. The second-order valence-corrected chi connectivity index (χ2v) is 9.79. The minimum atomic E-state index is -4.39. The van der Waals surface area contributed by atoms with E-state index in [2.05, 4.69) is 4.99 Å². The summed E-state index contributed by atoms with van der Waals surface area (Å²) in [5.74, 6) is -0.860. The molecule has 2 atom stereocenters. The topological polar surface area (TPSA) is 162 Å². The fourth-order valence-electron chi connectivity index (χ4n) is 3.51. The first-order valence-electron chi connectivity index (χ1n) is 10.4. The van der Waals surface area contributed by atoms with Crippen LogP contribution in [0.25, 0.3) is 10.8 Å². The quantitative estimate of drug-likeness (QED) is 0.197. The number of rotatable bonds is 11. The molecule has 2 aromatic rings. The minimum Gasteiger partial charge on any atom is -0.370 e. The van der Waals surface area contributed by atoms with Gasteiger partial charge in [0, 0.05) is 11.9 Å². The molecule has 2 aromatic carbocycles. The molecule has 2 rings (SSSR count). The molecule has 0 saturated carbocycles. The molecule has 0 bridgehead atoms. The van der Waals surface area contributed by atoms with Gasteiger partial charge in [-0.3, -0.25) is 9.79 Å². The van der Waals surface area contributed by atoms with Crippen molar-refractivity contribution in [3.05, 3.63) is 42.5 Å². The van der Waals surface area contributed by atoms with Gasteiger partial charge in [0.2, 0.25) is 0 Å². The summed E-state index contributed by atoms with van der Waals surface area (Å²) >= 11 is 0. The second-order valence-electron chi connectivity index (χ2n) is 8.00. The maximum Gasteiger partial charge on any atom is 0.267 e. The highest BCUT2D eigenvalue weighted by Crippen LogP contribution is 2.28. The molecule has 0 fully saturated rings. The number of guanidine groups is 1. The predicted molar refractivity (Wildman–Crippen MR) is 125 cm³/mol. The number of carbonyl (C=O) groups is 2. The molecule has 6 N–H and O–H groups in total. The van der Waals surface area contributed by atoms with E-state index in [0.717, 1.165) is 0 Å². The van der Waals surface area contributed by atoms with E-state index in [1.54, 1.807) is 36.4 Å². The SMILES string of the molecule is CC(C)C[C@H](N)C(=O)N([C@H](C=O)CCCN=C(N)N)S(=O)(=O)c1cccc2ccccc12. The molecule has 0 saturated heterocycles. The summed E-state index contributed by atoms with van der Waals surface area (Å²) in [6.07, 6.45) is 1.10. The minimum absolute atomic E-state index is 0.0585. The summed E-state index contributed by atoms with van der Waals surface area (Å²) in [5.41, 5.74) is 16.7. The maximum absolute atomic E-state index is 13.7. The predicted octanol–water partition coefficient (Wildman–Crippen LogP) is 1.35. The Morgan fingerprint density at radius 2 is 1.78 bits per heavy atom. The van der Waals surface area contributed by atoms with Gasteiger partial charge in [-0.25, -0.2) is 12.7 Å². The number of nitrogens with zero attached hydrogens (tertiary/aromatic N) is 2. The molecule has 0 aliphatic heterocycles. The summed E-state index contributed by atoms with van der Waals surface area (Å²) in [6.45, 7) is 3.95. The number of nitrogens with two attached hydrogens (primary N) is 3. The van der Waals surface area contributed by atoms with Crippen LogP contribution in [0.4, 0.5) is 0 Å². The zero-order valence-electron chi connectivity index (χ0n) is 18.3. The molecular weight excluding hydrogens is 430 g/mol. The molecule has 0 aliphatic rings. The smallest absolute Gasteiger partial charge is 0.267 e. The van der Waals surface area contributed by atoms with Gasteiger partial charge in [0.25, 0.3) is 15.9 Å². The van der Waals surface area contributed by atoms with E-state index in [-0.39, 0.29) is 36.2 Å². The number of aliphatic imine (C=N–C) groups is 1. The van der Waals surface area contributed by atoms with E-state index < -0.39 is 28.0 Å². The average molecular weight is 462 g/mol. The summed E-state index contributed by atoms with van der Waals surface area (Å²) in [7, 11) is -4.39. The van der Waals surface area contributed by atoms with E-state index in [1.165, 1.54) is 6.07 Å². The first-order valence-corrected chi connectivity index (χ1v) is 11.9. The molecule has 174 valence electrons. The van der Waals surface area contributed by atoms with Crippen LogP contribution in [-0.4, -0.2) is 49.5 Å². The summed E-state index contributed by atoms with van der Waals surface area (Å²) < 4.78 is 28.1. The van der Waals surface area contributed by atoms with Crippen LogP contribution in [0.5, 0.6) is 0 Å². The lowest BCUT2D eigenvalue weighted by Gasteiger charge is -2.30. The molecule has 0 unspecified atom stereocenters. The van der Waals surface area contributed by atoms with E-state index in [4.69, 9.17) is 17.2 Å². The number of amides is 1. The van der Waals surface area contributed by atoms with Gasteiger partial charge >= 0.3 is 0 Å². The molecule has 32 heavy (non-hydrogen) atoms. The van der Waals surface area contributed by atoms with Crippen molar-refractivity contribution < 1.29 is 18.0 Å². The van der Waals surface area contributed by atoms with Gasteiger partial charge in [0.05, 0.1) is 10.9 Å². The van der Waals surface area contributed by atoms with E-state index in [0.29, 0.717) is 27.8 Å². The highest BCUT2D eigenvalue weighted by atomic mass is 32.2. The Bertz CT molecular complexity index is 1080. The van der Waals surface area contributed by atoms with Gasteiger partial charge in [0.1, 0.15) is 12.3 Å². The molecule has 10 heteroatoms. The first-order chi connectivity index (χ1) is 15.1. The largest absolute Gasteiger partial charge is 0.370 e. The Morgan fingerprint density at radius 1 is 1.12 bits per heavy atom. The average Bonchev–Trinajstić information content (AvgIpc) is 2.74. The Labute approximate surface area is 188 Å². The summed E-state index contributed by atoms with van der Waals surface area (Å²) in [6, 6.07) is 9.43. The van der Waals surface area contributed by atoms with Crippen molar-refractivity contribution in [3.63, 3.8) is 0 Å². The lowest BCUT2D eigenvalue weighted by atomic mass is 10.0. The maximum atomic E-state index is 13.7. The van der Waals surface area contributed by atoms with Gasteiger partial charge in [-0.15, -0.1) is 0 Å². The Kier molecular flexibility index (Phi) is 8.73. The van der Waals surface area contributed by atoms with Crippen LogP contribution in [0, 0.1) is 5.92 Å². The van der Waals surface area contributed by atoms with Crippen LogP contribution in [0.3, 0.4) is 0 Å². The number of carbonyl (C=O) groups excluding carboxylic acids is 2. The van der Waals surface area contributed by atoms with Gasteiger partial charge in [-0.1, -0.05) is 50.2 Å². The van der Waals surface area contributed by atoms with E-state index in [1.807, 2.05) is 13.8 Å². The third-order valence-electron chi connectivity index (χ3n) is 4.96. The normalized spacial score (nSPS) is 13.5. The zero-order chi connectivity index (χ0) is 23.9. The molecule has 0 radical (unpaired) electrons. The van der Waals surface area contributed by atoms with Crippen molar-refractivity contribution in [1.82, 2.24) is 4.31 Å². The molecule has 0 spiro atoms. The number of sulfonamides is 1. The number of hydrogen-bond donors (Lipinski definition) is 3. The zero-order valence-corrected chi connectivity index (χ0v) is 19.2. The van der Waals surface area contributed by atoms with Gasteiger partial charge in [0.15, 0.2) is 5.96 Å². The third-order valence-corrected chi connectivity index (χ3v) is 6.84. The van der Waals surface area contributed by atoms with Crippen molar-refractivity contribution in [2.45, 2.75) is 50.1 Å². The number of benzene rings is 2. The van der Waals surface area contributed by atoms with Gasteiger partial charge < -0.3 is 22.0 Å². The van der Waals surface area contributed by atoms with Crippen molar-refractivity contribution in [3.8, 4) is 0 Å². The monoisotopic (exact) mass is 461 g/mol. The number of fused-ring (bicyclic) bond motifs is 1. The van der Waals surface area contributed by atoms with Crippen LogP contribution >= 0.6 is 0 Å². The van der Waals surface area contributed by atoms with Crippen molar-refractivity contribution in [1.29, 1.82) is 0 Å². The van der Waals surface area contributed by atoms with Gasteiger partial charge in [-0.2, -0.15) is 0 Å². The molecule has 0 aromatic heterocycles. The van der Waals surface area contributed by atoms with E-state index in [9.17, 15) is 18.0 Å². The highest BCUT2D eigenvalue weighted by Gasteiger charge is 2.38. The fraction of sp³-hybridized carbons (Fsp3) is 0.409. The Hall–Kier alpha value is -2.98. The van der Waals surface area contributed by atoms with Crippen molar-refractivity contribution >= 4 is 38.9 Å². The molecule has 0 aliphatic carbocycles. The Morgan fingerprint density at radius 3 is 2.41 bits per heavy atom. The molecule has 9 nitrogen and oxygen atoms in total. The fourth-order valence-corrected chi connectivity index (χ4v) is 5.32. The van der Waals surface area contributed by atoms with Gasteiger partial charge in [-0.05, 0) is 36.6 Å². The van der Waals surface area contributed by atoms with Crippen LogP contribution in [0.1, 0.15) is 33.1 Å². The van der Waals surface area contributed by atoms with Crippen molar-refractivity contribution in [2.75, 3.05) is 6.54 Å². The standard InChI is InChI=1S/C22H31N5O4S/c1-15(2)13-19(23)21(29)27(17(14-28)9-6-12-26-22(24)25)32(30,31)20-11-5-8-16-7-3-4-10-18(16)20/h3-5,7-8,10-11,14-15,17,19H,6,9,12-13,23H2,1-2H3,(H4,24,25,26)/t17-,19-/m0/s1. The lowest BCUT2D eigenvalue weighted by Crippen LogP contribution is -2.52. The van der Waals surface area contributed by atoms with Crippen LogP contribution < -0.4 is 17.2 Å². The molecule has 0 heterocycles. The summed E-state index contributed by atoms with van der Waals surface area (Å²) in [5, 5.41) is 1.15. The highest BCUT2D eigenvalue weighted by molar-refractivity contribution is 7.90. The van der Waals surface area contributed by atoms with Crippen molar-refractivity contribution in [2.24, 2.45) is 28.1 Å². The van der Waals surface area contributed by atoms with Crippen LogP contribution in [-0.2, 0) is 19.6 Å². The van der Waals surface area contributed by atoms with E-state index >= 15 is 0 Å². The summed E-state index contributed by atoms with van der Waals surface area (Å²) in [4.78, 5) is 29.0. The molecular formula is C22H31N5O4S. The number of hydrogen-bond acceptors (Lipinski definition) is 6. The van der Waals surface area contributed by atoms with Crippen LogP contribution in [0.2, 0.25) is 0 Å².